The number of anilines is 1. The van der Waals surface area contributed by atoms with Crippen molar-refractivity contribution in [3.05, 3.63) is 23.8 Å². The van der Waals surface area contributed by atoms with E-state index in [-0.39, 0.29) is 12.2 Å². The Morgan fingerprint density at radius 2 is 1.81 bits per heavy atom. The molecule has 0 amide bonds. The first kappa shape index (κ1) is 17.8. The zero-order valence-corrected chi connectivity index (χ0v) is 12.8. The van der Waals surface area contributed by atoms with Crippen molar-refractivity contribution in [2.75, 3.05) is 32.9 Å². The Morgan fingerprint density at radius 3 is 2.24 bits per heavy atom. The molecular formula is C12H19F2N3O3S. The summed E-state index contributed by atoms with van der Waals surface area (Å²) in [5, 5.41) is 10.0. The van der Waals surface area contributed by atoms with E-state index in [1.54, 1.807) is 19.0 Å². The predicted octanol–water partition coefficient (Wildman–Crippen LogP) is 0.138. The van der Waals surface area contributed by atoms with E-state index >= 15 is 0 Å². The third-order valence-electron chi connectivity index (χ3n) is 2.59. The second-order valence-electron chi connectivity index (χ2n) is 5.37. The lowest BCUT2D eigenvalue weighted by atomic mass is 10.1. The molecule has 0 bridgehead atoms. The molecule has 1 aromatic carbocycles. The molecule has 120 valence electrons. The lowest BCUT2D eigenvalue weighted by molar-refractivity contribution is 0.0385. The second kappa shape index (κ2) is 6.22. The van der Waals surface area contributed by atoms with Gasteiger partial charge in [0.15, 0.2) is 4.90 Å². The Labute approximate surface area is 122 Å². The number of aliphatic hydroxyl groups is 1. The van der Waals surface area contributed by atoms with Crippen molar-refractivity contribution < 1.29 is 22.3 Å². The number of halogens is 2. The average Bonchev–Trinajstić information content (AvgIpc) is 2.23. The maximum Gasteiger partial charge on any atom is 0.246 e. The van der Waals surface area contributed by atoms with Gasteiger partial charge in [-0.25, -0.2) is 21.9 Å². The number of nitrogens with two attached hydrogens (primary N) is 1. The van der Waals surface area contributed by atoms with Crippen LogP contribution in [0.5, 0.6) is 0 Å². The molecule has 6 nitrogen and oxygen atoms in total. The van der Waals surface area contributed by atoms with Gasteiger partial charge in [0.05, 0.1) is 5.60 Å². The maximum atomic E-state index is 13.6. The van der Waals surface area contributed by atoms with E-state index in [0.29, 0.717) is 0 Å². The number of hydrogen-bond acceptors (Lipinski definition) is 5. The third-order valence-corrected chi connectivity index (χ3v) is 4.04. The van der Waals surface area contributed by atoms with Gasteiger partial charge in [-0.2, -0.15) is 0 Å². The molecule has 0 spiro atoms. The van der Waals surface area contributed by atoms with E-state index in [9.17, 15) is 22.3 Å². The molecule has 0 radical (unpaired) electrons. The molecular weight excluding hydrogens is 304 g/mol. The smallest absolute Gasteiger partial charge is 0.246 e. The van der Waals surface area contributed by atoms with Crippen molar-refractivity contribution in [3.8, 4) is 0 Å². The Hall–Kier alpha value is -1.29. The first-order valence-electron chi connectivity index (χ1n) is 6.06. The highest BCUT2D eigenvalue weighted by Crippen LogP contribution is 2.21. The maximum absolute atomic E-state index is 13.6. The molecule has 0 aromatic heterocycles. The quantitative estimate of drug-likeness (QED) is 0.647. The Kier molecular flexibility index (Phi) is 5.26. The average molecular weight is 323 g/mol. The lowest BCUT2D eigenvalue weighted by Crippen LogP contribution is -2.47. The van der Waals surface area contributed by atoms with Crippen LogP contribution in [-0.4, -0.2) is 51.2 Å². The van der Waals surface area contributed by atoms with Gasteiger partial charge in [0.1, 0.15) is 11.6 Å². The van der Waals surface area contributed by atoms with Gasteiger partial charge in [0.25, 0.3) is 0 Å². The van der Waals surface area contributed by atoms with Crippen LogP contribution in [-0.2, 0) is 10.0 Å². The van der Waals surface area contributed by atoms with Crippen LogP contribution < -0.4 is 10.5 Å². The zero-order chi connectivity index (χ0) is 16.4. The van der Waals surface area contributed by atoms with E-state index < -0.39 is 38.7 Å². The molecule has 1 atom stereocenters. The van der Waals surface area contributed by atoms with Crippen molar-refractivity contribution >= 4 is 15.7 Å². The minimum atomic E-state index is -4.44. The highest BCUT2D eigenvalue weighted by Gasteiger charge is 2.29. The van der Waals surface area contributed by atoms with Crippen molar-refractivity contribution in [2.45, 2.75) is 17.4 Å². The minimum absolute atomic E-state index is 0.169. The Bertz CT molecular complexity index is 595. The van der Waals surface area contributed by atoms with E-state index in [2.05, 4.69) is 0 Å². The molecule has 1 aromatic rings. The van der Waals surface area contributed by atoms with E-state index in [1.165, 1.54) is 6.92 Å². The van der Waals surface area contributed by atoms with Crippen LogP contribution in [0.1, 0.15) is 6.92 Å². The van der Waals surface area contributed by atoms with Gasteiger partial charge in [0.2, 0.25) is 10.0 Å². The number of nitrogens with one attached hydrogen (secondary N) is 1. The molecule has 4 N–H and O–H groups in total. The summed E-state index contributed by atoms with van der Waals surface area (Å²) >= 11 is 0. The Morgan fingerprint density at radius 1 is 1.33 bits per heavy atom. The third kappa shape index (κ3) is 4.88. The largest absolute Gasteiger partial charge is 0.399 e. The van der Waals surface area contributed by atoms with Crippen molar-refractivity contribution in [2.24, 2.45) is 0 Å². The fourth-order valence-corrected chi connectivity index (χ4v) is 3.17. The van der Waals surface area contributed by atoms with E-state index in [0.717, 1.165) is 12.1 Å². The zero-order valence-electron chi connectivity index (χ0n) is 12.0. The summed E-state index contributed by atoms with van der Waals surface area (Å²) in [4.78, 5) is 0.538. The topological polar surface area (TPSA) is 95.7 Å². The molecule has 0 saturated heterocycles. The number of sulfonamides is 1. The van der Waals surface area contributed by atoms with Gasteiger partial charge in [-0.1, -0.05) is 0 Å². The van der Waals surface area contributed by atoms with Crippen molar-refractivity contribution in [3.63, 3.8) is 0 Å². The normalized spacial score (nSPS) is 15.2. The van der Waals surface area contributed by atoms with Gasteiger partial charge >= 0.3 is 0 Å². The highest BCUT2D eigenvalue weighted by molar-refractivity contribution is 7.89. The molecule has 0 saturated carbocycles. The second-order valence-corrected chi connectivity index (χ2v) is 7.08. The van der Waals surface area contributed by atoms with Crippen LogP contribution in [0.4, 0.5) is 14.5 Å². The summed E-state index contributed by atoms with van der Waals surface area (Å²) in [6.45, 7) is 1.18. The van der Waals surface area contributed by atoms with Crippen molar-refractivity contribution in [1.29, 1.82) is 0 Å². The molecule has 0 aliphatic rings. The van der Waals surface area contributed by atoms with Crippen LogP contribution >= 0.6 is 0 Å². The molecule has 1 unspecified atom stereocenters. The SMILES string of the molecule is CN(C)CC(C)(O)CNS(=O)(=O)c1c(F)cc(N)cc1F. The van der Waals surface area contributed by atoms with Gasteiger partial charge in [-0.3, -0.25) is 0 Å². The van der Waals surface area contributed by atoms with Crippen LogP contribution in [0.3, 0.4) is 0 Å². The van der Waals surface area contributed by atoms with Crippen LogP contribution in [0.2, 0.25) is 0 Å². The first-order valence-corrected chi connectivity index (χ1v) is 7.54. The van der Waals surface area contributed by atoms with Gasteiger partial charge in [-0.05, 0) is 33.2 Å². The fraction of sp³-hybridized carbons (Fsp3) is 0.500. The fourth-order valence-electron chi connectivity index (χ4n) is 1.90. The first-order chi connectivity index (χ1) is 9.44. The van der Waals surface area contributed by atoms with Gasteiger partial charge in [0, 0.05) is 18.8 Å². The summed E-state index contributed by atoms with van der Waals surface area (Å²) in [6, 6.07) is 1.44. The van der Waals surface area contributed by atoms with Crippen LogP contribution in [0, 0.1) is 11.6 Å². The summed E-state index contributed by atoms with van der Waals surface area (Å²) < 4.78 is 53.2. The molecule has 9 heteroatoms. The Balaban J connectivity index is 2.98. The number of hydrogen-bond donors (Lipinski definition) is 3. The predicted molar refractivity (Wildman–Crippen MR) is 75.1 cm³/mol. The summed E-state index contributed by atoms with van der Waals surface area (Å²) in [5.74, 6) is -2.57. The summed E-state index contributed by atoms with van der Waals surface area (Å²) in [5.41, 5.74) is 3.62. The van der Waals surface area contributed by atoms with Gasteiger partial charge in [-0.15, -0.1) is 0 Å². The van der Waals surface area contributed by atoms with Gasteiger partial charge < -0.3 is 15.7 Å². The van der Waals surface area contributed by atoms with Crippen LogP contribution in [0.15, 0.2) is 17.0 Å². The number of benzene rings is 1. The highest BCUT2D eigenvalue weighted by atomic mass is 32.2. The molecule has 21 heavy (non-hydrogen) atoms. The summed E-state index contributed by atoms with van der Waals surface area (Å²) in [7, 11) is -1.05. The molecule has 0 aliphatic carbocycles. The molecule has 1 rings (SSSR count). The number of likely N-dealkylation sites (N-methyl/N-ethyl adjacent to an activating group) is 1. The minimum Gasteiger partial charge on any atom is -0.399 e. The number of nitrogen functional groups attached to an aromatic ring is 1. The van der Waals surface area contributed by atoms with Crippen molar-refractivity contribution in [1.82, 2.24) is 9.62 Å². The monoisotopic (exact) mass is 323 g/mol. The standard InChI is InChI=1S/C12H19F2N3O3S/c1-12(18,7-17(2)3)6-16-21(19,20)11-9(13)4-8(15)5-10(11)14/h4-5,16,18H,6-7,15H2,1-3H3. The molecule has 0 fully saturated rings. The van der Waals surface area contributed by atoms with E-state index in [1.807, 2.05) is 4.72 Å². The van der Waals surface area contributed by atoms with E-state index in [4.69, 9.17) is 5.73 Å². The van der Waals surface area contributed by atoms with Crippen LogP contribution in [0.25, 0.3) is 0 Å². The number of nitrogens with zero attached hydrogens (tertiary/aromatic N) is 1. The molecule has 0 aliphatic heterocycles. The number of rotatable bonds is 6. The lowest BCUT2D eigenvalue weighted by Gasteiger charge is -2.27. The summed E-state index contributed by atoms with van der Waals surface area (Å²) in [6.07, 6.45) is 0. The molecule has 0 heterocycles.